The predicted molar refractivity (Wildman–Crippen MR) is 83.5 cm³/mol. The van der Waals surface area contributed by atoms with Crippen LogP contribution >= 0.6 is 0 Å². The minimum Gasteiger partial charge on any atom is -0.465 e. The van der Waals surface area contributed by atoms with Crippen molar-refractivity contribution in [1.82, 2.24) is 14.3 Å². The van der Waals surface area contributed by atoms with Crippen LogP contribution in [0, 0.1) is 5.82 Å². The molecule has 0 radical (unpaired) electrons. The van der Waals surface area contributed by atoms with Gasteiger partial charge in [-0.3, -0.25) is 14.3 Å². The van der Waals surface area contributed by atoms with Gasteiger partial charge in [-0.2, -0.15) is 0 Å². The first-order valence-corrected chi connectivity index (χ1v) is 7.49. The van der Waals surface area contributed by atoms with E-state index in [1.54, 1.807) is 7.05 Å². The van der Waals surface area contributed by atoms with Crippen molar-refractivity contribution in [1.29, 1.82) is 0 Å². The Kier molecular flexibility index (Phi) is 3.78. The molecule has 0 spiro atoms. The van der Waals surface area contributed by atoms with Crippen molar-refractivity contribution in [3.8, 4) is 0 Å². The number of carbonyl (C=O) groups excluding carboxylic acids is 1. The highest BCUT2D eigenvalue weighted by atomic mass is 19.1. The van der Waals surface area contributed by atoms with Crippen LogP contribution in [-0.2, 0) is 7.05 Å². The van der Waals surface area contributed by atoms with Gasteiger partial charge < -0.3 is 15.7 Å². The van der Waals surface area contributed by atoms with Crippen LogP contribution in [0.5, 0.6) is 0 Å². The summed E-state index contributed by atoms with van der Waals surface area (Å²) in [5.74, 6) is -1.51. The molecule has 1 fully saturated rings. The van der Waals surface area contributed by atoms with Gasteiger partial charge in [0.1, 0.15) is 5.82 Å². The molecule has 3 N–H and O–H groups in total. The zero-order valence-electron chi connectivity index (χ0n) is 13.0. The summed E-state index contributed by atoms with van der Waals surface area (Å²) in [5.41, 5.74) is 4.99. The molecule has 3 rings (SSSR count). The molecular weight excluding hydrogens is 319 g/mol. The van der Waals surface area contributed by atoms with Gasteiger partial charge in [-0.05, 0) is 25.0 Å². The molecule has 1 saturated heterocycles. The van der Waals surface area contributed by atoms with E-state index in [4.69, 9.17) is 10.8 Å². The van der Waals surface area contributed by atoms with E-state index in [1.807, 2.05) is 0 Å². The van der Waals surface area contributed by atoms with E-state index in [0.717, 1.165) is 6.07 Å². The van der Waals surface area contributed by atoms with Gasteiger partial charge in [0.25, 0.3) is 5.56 Å². The van der Waals surface area contributed by atoms with E-state index in [-0.39, 0.29) is 22.5 Å². The molecule has 9 heteroatoms. The molecule has 2 amide bonds. The molecule has 0 saturated carbocycles. The van der Waals surface area contributed by atoms with Crippen molar-refractivity contribution in [3.63, 3.8) is 0 Å². The third kappa shape index (κ3) is 2.41. The Morgan fingerprint density at radius 2 is 1.92 bits per heavy atom. The Balaban J connectivity index is 2.11. The first kappa shape index (κ1) is 16.0. The Labute approximate surface area is 135 Å². The summed E-state index contributed by atoms with van der Waals surface area (Å²) in [6.45, 7) is 0.621. The second-order valence-corrected chi connectivity index (χ2v) is 5.89. The van der Waals surface area contributed by atoms with Crippen molar-refractivity contribution >= 4 is 22.9 Å². The minimum absolute atomic E-state index is 0.0899. The molecule has 2 heterocycles. The summed E-state index contributed by atoms with van der Waals surface area (Å²) in [7, 11) is 1.61. The van der Waals surface area contributed by atoms with E-state index >= 15 is 0 Å². The first-order valence-electron chi connectivity index (χ1n) is 7.49. The molecular formula is C15H17FN4O4. The number of halogens is 1. The summed E-state index contributed by atoms with van der Waals surface area (Å²) in [5, 5.41) is 9.10. The number of amides is 2. The number of rotatable bonds is 2. The highest BCUT2D eigenvalue weighted by Crippen LogP contribution is 2.25. The maximum Gasteiger partial charge on any atom is 0.407 e. The number of benzene rings is 1. The third-order valence-corrected chi connectivity index (χ3v) is 4.52. The average Bonchev–Trinajstić information content (AvgIpc) is 2.78. The quantitative estimate of drug-likeness (QED) is 0.848. The SMILES string of the molecule is Cn1c2cc(F)cc(C(N)=O)c2c(=O)n1C1CCN(C(=O)O)CC1. The van der Waals surface area contributed by atoms with Crippen LogP contribution in [0.15, 0.2) is 16.9 Å². The summed E-state index contributed by atoms with van der Waals surface area (Å²) in [4.78, 5) is 36.6. The molecule has 8 nitrogen and oxygen atoms in total. The zero-order valence-corrected chi connectivity index (χ0v) is 13.0. The van der Waals surface area contributed by atoms with Gasteiger partial charge in [-0.25, -0.2) is 13.9 Å². The van der Waals surface area contributed by atoms with E-state index in [2.05, 4.69) is 0 Å². The van der Waals surface area contributed by atoms with Crippen LogP contribution < -0.4 is 11.3 Å². The smallest absolute Gasteiger partial charge is 0.407 e. The molecule has 1 aliphatic heterocycles. The lowest BCUT2D eigenvalue weighted by Gasteiger charge is -2.31. The van der Waals surface area contributed by atoms with E-state index in [0.29, 0.717) is 25.9 Å². The monoisotopic (exact) mass is 336 g/mol. The van der Waals surface area contributed by atoms with Crippen LogP contribution in [0.4, 0.5) is 9.18 Å². The van der Waals surface area contributed by atoms with Gasteiger partial charge in [0, 0.05) is 20.1 Å². The maximum atomic E-state index is 13.8. The van der Waals surface area contributed by atoms with Crippen LogP contribution in [0.2, 0.25) is 0 Å². The Morgan fingerprint density at radius 3 is 2.46 bits per heavy atom. The van der Waals surface area contributed by atoms with Crippen molar-refractivity contribution in [2.75, 3.05) is 13.1 Å². The van der Waals surface area contributed by atoms with Gasteiger partial charge >= 0.3 is 6.09 Å². The number of aryl methyl sites for hydroxylation is 1. The number of primary amides is 1. The normalized spacial score (nSPS) is 15.8. The number of hydrogen-bond acceptors (Lipinski definition) is 3. The lowest BCUT2D eigenvalue weighted by Crippen LogP contribution is -2.40. The van der Waals surface area contributed by atoms with E-state index in [9.17, 15) is 18.8 Å². The van der Waals surface area contributed by atoms with Gasteiger partial charge in [0.05, 0.1) is 22.5 Å². The first-order chi connectivity index (χ1) is 11.3. The van der Waals surface area contributed by atoms with Crippen LogP contribution in [-0.4, -0.2) is 44.5 Å². The van der Waals surface area contributed by atoms with Gasteiger partial charge in [0.15, 0.2) is 0 Å². The molecule has 128 valence electrons. The number of carboxylic acid groups (broad SMARTS) is 1. The Bertz CT molecular complexity index is 893. The zero-order chi connectivity index (χ0) is 17.6. The van der Waals surface area contributed by atoms with Crippen molar-refractivity contribution < 1.29 is 19.1 Å². The van der Waals surface area contributed by atoms with Crippen molar-refractivity contribution in [2.24, 2.45) is 12.8 Å². The molecule has 0 unspecified atom stereocenters. The van der Waals surface area contributed by atoms with Crippen LogP contribution in [0.25, 0.3) is 10.9 Å². The second-order valence-electron chi connectivity index (χ2n) is 5.89. The van der Waals surface area contributed by atoms with Gasteiger partial charge in [-0.1, -0.05) is 0 Å². The molecule has 0 aliphatic carbocycles. The van der Waals surface area contributed by atoms with E-state index < -0.39 is 23.4 Å². The largest absolute Gasteiger partial charge is 0.465 e. The van der Waals surface area contributed by atoms with Crippen LogP contribution in [0.1, 0.15) is 29.2 Å². The predicted octanol–water partition coefficient (Wildman–Crippen LogP) is 0.893. The van der Waals surface area contributed by atoms with Gasteiger partial charge in [-0.15, -0.1) is 0 Å². The summed E-state index contributed by atoms with van der Waals surface area (Å²) in [6.07, 6.45) is -0.0638. The standard InChI is InChI=1S/C15H17FN4O4/c1-18-11-7-8(16)6-10(13(17)21)12(11)14(22)20(18)9-2-4-19(5-3-9)15(23)24/h6-7,9H,2-5H2,1H3,(H2,17,21)(H,23,24). The molecule has 1 aromatic carbocycles. The third-order valence-electron chi connectivity index (χ3n) is 4.52. The maximum absolute atomic E-state index is 13.8. The number of piperidine rings is 1. The lowest BCUT2D eigenvalue weighted by atomic mass is 10.1. The highest BCUT2D eigenvalue weighted by molar-refractivity contribution is 6.05. The fraction of sp³-hybridized carbons (Fsp3) is 0.400. The fourth-order valence-electron chi connectivity index (χ4n) is 3.35. The number of likely N-dealkylation sites (tertiary alicyclic amines) is 1. The summed E-state index contributed by atoms with van der Waals surface area (Å²) in [6, 6.07) is 1.92. The number of nitrogens with two attached hydrogens (primary N) is 1. The minimum atomic E-state index is -0.990. The number of carbonyl (C=O) groups is 2. The van der Waals surface area contributed by atoms with Crippen molar-refractivity contribution in [3.05, 3.63) is 33.9 Å². The van der Waals surface area contributed by atoms with Gasteiger partial charge in [0.2, 0.25) is 5.91 Å². The topological polar surface area (TPSA) is 111 Å². The number of fused-ring (bicyclic) bond motifs is 1. The molecule has 1 aromatic heterocycles. The molecule has 1 aliphatic rings. The lowest BCUT2D eigenvalue weighted by molar-refractivity contribution is 0.100. The van der Waals surface area contributed by atoms with Crippen molar-refractivity contribution in [2.45, 2.75) is 18.9 Å². The van der Waals surface area contributed by atoms with Crippen LogP contribution in [0.3, 0.4) is 0 Å². The van der Waals surface area contributed by atoms with E-state index in [1.165, 1.54) is 20.3 Å². The number of hydrogen-bond donors (Lipinski definition) is 2. The Hall–Kier alpha value is -2.84. The molecule has 0 bridgehead atoms. The number of nitrogens with zero attached hydrogens (tertiary/aromatic N) is 3. The average molecular weight is 336 g/mol. The number of aromatic nitrogens is 2. The molecule has 0 atom stereocenters. The molecule has 2 aromatic rings. The second kappa shape index (κ2) is 5.66. The Morgan fingerprint density at radius 1 is 1.29 bits per heavy atom. The highest BCUT2D eigenvalue weighted by Gasteiger charge is 2.28. The summed E-state index contributed by atoms with van der Waals surface area (Å²) < 4.78 is 16.7. The molecule has 24 heavy (non-hydrogen) atoms. The summed E-state index contributed by atoms with van der Waals surface area (Å²) >= 11 is 0. The fourth-order valence-corrected chi connectivity index (χ4v) is 3.35.